The van der Waals surface area contributed by atoms with Crippen LogP contribution in [-0.2, 0) is 10.0 Å². The minimum Gasteiger partial charge on any atom is -0.394 e. The monoisotopic (exact) mass is 438 g/mol. The van der Waals surface area contributed by atoms with E-state index in [1.54, 1.807) is 28.6 Å². The summed E-state index contributed by atoms with van der Waals surface area (Å²) in [7, 11) is -1.60. The van der Waals surface area contributed by atoms with Crippen LogP contribution in [0.4, 0.5) is 5.69 Å². The van der Waals surface area contributed by atoms with Gasteiger partial charge in [-0.3, -0.25) is 0 Å². The van der Waals surface area contributed by atoms with Crippen molar-refractivity contribution in [3.8, 4) is 0 Å². The lowest BCUT2D eigenvalue weighted by Gasteiger charge is -2.44. The van der Waals surface area contributed by atoms with Crippen LogP contribution in [0, 0.1) is 5.92 Å². The van der Waals surface area contributed by atoms with Gasteiger partial charge in [-0.1, -0.05) is 30.3 Å². The Kier molecular flexibility index (Phi) is 5.40. The molecule has 0 aromatic heterocycles. The maximum absolute atomic E-state index is 13.6. The number of fused-ring (bicyclic) bond motifs is 3. The molecule has 31 heavy (non-hydrogen) atoms. The summed E-state index contributed by atoms with van der Waals surface area (Å²) in [6, 6.07) is 14.9. The van der Waals surface area contributed by atoms with Crippen LogP contribution in [-0.4, -0.2) is 44.1 Å². The van der Waals surface area contributed by atoms with Crippen molar-refractivity contribution >= 4 is 21.3 Å². The average molecular weight is 439 g/mol. The van der Waals surface area contributed by atoms with Gasteiger partial charge in [0.05, 0.1) is 23.6 Å². The Morgan fingerprint density at radius 2 is 1.90 bits per heavy atom. The lowest BCUT2D eigenvalue weighted by Crippen LogP contribution is -2.48. The van der Waals surface area contributed by atoms with Gasteiger partial charge in [0.15, 0.2) is 0 Å². The zero-order chi connectivity index (χ0) is 21.6. The molecule has 1 N–H and O–H groups in total. The maximum atomic E-state index is 13.6. The summed E-state index contributed by atoms with van der Waals surface area (Å²) >= 11 is 0. The molecule has 2 aromatic carbocycles. The van der Waals surface area contributed by atoms with Crippen molar-refractivity contribution in [2.24, 2.45) is 5.92 Å². The Labute approximate surface area is 185 Å². The fourth-order valence-corrected chi connectivity index (χ4v) is 7.40. The zero-order valence-corrected chi connectivity index (χ0v) is 18.8. The van der Waals surface area contributed by atoms with Gasteiger partial charge >= 0.3 is 0 Å². The number of likely N-dealkylation sites (N-methyl/N-ethyl adjacent to an activating group) is 1. The van der Waals surface area contributed by atoms with Crippen molar-refractivity contribution in [3.05, 3.63) is 65.7 Å². The van der Waals surface area contributed by atoms with Crippen LogP contribution in [0.2, 0.25) is 0 Å². The molecule has 2 aliphatic heterocycles. The summed E-state index contributed by atoms with van der Waals surface area (Å²) in [5.41, 5.74) is 4.67. The first kappa shape index (κ1) is 20.7. The van der Waals surface area contributed by atoms with Gasteiger partial charge in [0.25, 0.3) is 0 Å². The van der Waals surface area contributed by atoms with E-state index in [9.17, 15) is 13.5 Å². The lowest BCUT2D eigenvalue weighted by molar-refractivity contribution is 0.193. The Bertz CT molecular complexity index is 1100. The van der Waals surface area contributed by atoms with E-state index in [2.05, 4.69) is 29.2 Å². The van der Waals surface area contributed by atoms with Crippen LogP contribution in [0.15, 0.2) is 59.5 Å². The second kappa shape index (κ2) is 8.08. The molecule has 2 aromatic rings. The van der Waals surface area contributed by atoms with Crippen molar-refractivity contribution in [2.45, 2.75) is 49.1 Å². The summed E-state index contributed by atoms with van der Waals surface area (Å²) in [5.74, 6) is 0.0663. The van der Waals surface area contributed by atoms with Crippen LogP contribution in [0.3, 0.4) is 0 Å². The van der Waals surface area contributed by atoms with Crippen molar-refractivity contribution in [1.29, 1.82) is 0 Å². The smallest absolute Gasteiger partial charge is 0.243 e. The molecule has 0 unspecified atom stereocenters. The first-order valence-electron chi connectivity index (χ1n) is 11.3. The van der Waals surface area contributed by atoms with Gasteiger partial charge in [-0.15, -0.1) is 0 Å². The summed E-state index contributed by atoms with van der Waals surface area (Å²) in [5, 5.41) is 10.2. The molecule has 164 valence electrons. The molecule has 5 rings (SSSR count). The molecular weight excluding hydrogens is 408 g/mol. The van der Waals surface area contributed by atoms with Crippen LogP contribution in [0.25, 0.3) is 5.57 Å². The fourth-order valence-electron chi connectivity index (χ4n) is 5.71. The molecule has 6 heteroatoms. The average Bonchev–Trinajstić information content (AvgIpc) is 3.26. The van der Waals surface area contributed by atoms with Crippen LogP contribution in [0.5, 0.6) is 0 Å². The van der Waals surface area contributed by atoms with Gasteiger partial charge in [0.1, 0.15) is 0 Å². The molecule has 3 aliphatic rings. The molecule has 0 spiro atoms. The van der Waals surface area contributed by atoms with Gasteiger partial charge in [-0.25, -0.2) is 8.42 Å². The van der Waals surface area contributed by atoms with E-state index in [0.29, 0.717) is 11.4 Å². The molecule has 0 amide bonds. The highest BCUT2D eigenvalue weighted by Gasteiger charge is 2.50. The maximum Gasteiger partial charge on any atom is 0.243 e. The van der Waals surface area contributed by atoms with Crippen LogP contribution >= 0.6 is 0 Å². The number of anilines is 1. The van der Waals surface area contributed by atoms with Gasteiger partial charge in [0, 0.05) is 25.2 Å². The Balaban J connectivity index is 1.63. The van der Waals surface area contributed by atoms with E-state index >= 15 is 0 Å². The number of hydrogen-bond acceptors (Lipinski definition) is 4. The molecule has 0 bridgehead atoms. The molecule has 0 saturated carbocycles. The highest BCUT2D eigenvalue weighted by Crippen LogP contribution is 2.51. The molecule has 1 saturated heterocycles. The molecular formula is C25H30N2O3S. The van der Waals surface area contributed by atoms with E-state index < -0.39 is 10.0 Å². The quantitative estimate of drug-likeness (QED) is 0.777. The highest BCUT2D eigenvalue weighted by molar-refractivity contribution is 7.89. The first-order chi connectivity index (χ1) is 15.0. The number of nitrogens with zero attached hydrogens (tertiary/aromatic N) is 2. The van der Waals surface area contributed by atoms with Crippen molar-refractivity contribution in [1.82, 2.24) is 4.31 Å². The largest absolute Gasteiger partial charge is 0.394 e. The molecule has 1 fully saturated rings. The standard InChI is InChI=1S/C25H30N2O3S/c1-26-23-13-12-19(18-8-4-2-5-9-18)16-22(23)25-21(24(26)17-28)14-15-27(25)31(29,30)20-10-6-3-7-11-20/h3,6-8,10-13,16,21,24-25,28H,2,4-5,9,14-15,17H2,1H3/t21-,24+,25-/m0/s1. The number of rotatable bonds is 4. The third-order valence-corrected chi connectivity index (χ3v) is 9.21. The topological polar surface area (TPSA) is 60.9 Å². The zero-order valence-electron chi connectivity index (χ0n) is 17.9. The second-order valence-electron chi connectivity index (χ2n) is 8.94. The number of allylic oxidation sites excluding steroid dienone is 2. The van der Waals surface area contributed by atoms with Crippen LogP contribution in [0.1, 0.15) is 49.3 Å². The van der Waals surface area contributed by atoms with E-state index in [-0.39, 0.29) is 24.6 Å². The Morgan fingerprint density at radius 3 is 2.61 bits per heavy atom. The number of aliphatic hydroxyl groups excluding tert-OH is 1. The highest BCUT2D eigenvalue weighted by atomic mass is 32.2. The van der Waals surface area contributed by atoms with E-state index in [0.717, 1.165) is 30.5 Å². The third-order valence-electron chi connectivity index (χ3n) is 7.32. The van der Waals surface area contributed by atoms with Crippen molar-refractivity contribution in [3.63, 3.8) is 0 Å². The minimum absolute atomic E-state index is 0.0171. The number of hydrogen-bond donors (Lipinski definition) is 1. The van der Waals surface area contributed by atoms with Crippen molar-refractivity contribution < 1.29 is 13.5 Å². The SMILES string of the molecule is CN1c2ccc(C3=CCCCC3)cc2[C@@H]2[C@@H](CCN2S(=O)(=O)c2ccccc2)[C@H]1CO. The van der Waals surface area contributed by atoms with E-state index in [4.69, 9.17) is 0 Å². The van der Waals surface area contributed by atoms with Crippen molar-refractivity contribution in [2.75, 3.05) is 25.1 Å². The van der Waals surface area contributed by atoms with Crippen LogP contribution < -0.4 is 4.90 Å². The van der Waals surface area contributed by atoms with Gasteiger partial charge in [-0.2, -0.15) is 4.31 Å². The predicted molar refractivity (Wildman–Crippen MR) is 123 cm³/mol. The van der Waals surface area contributed by atoms with E-state index in [1.807, 2.05) is 13.1 Å². The Hall–Kier alpha value is -2.15. The second-order valence-corrected chi connectivity index (χ2v) is 10.8. The van der Waals surface area contributed by atoms with Gasteiger partial charge < -0.3 is 10.0 Å². The molecule has 2 heterocycles. The van der Waals surface area contributed by atoms with E-state index in [1.165, 1.54) is 24.0 Å². The predicted octanol–water partition coefficient (Wildman–Crippen LogP) is 4.21. The minimum atomic E-state index is -3.62. The first-order valence-corrected chi connectivity index (χ1v) is 12.7. The molecule has 1 aliphatic carbocycles. The number of sulfonamides is 1. The lowest BCUT2D eigenvalue weighted by atomic mass is 9.81. The summed E-state index contributed by atoms with van der Waals surface area (Å²) in [6.07, 6.45) is 7.71. The third kappa shape index (κ3) is 3.41. The molecule has 0 radical (unpaired) electrons. The summed E-state index contributed by atoms with van der Waals surface area (Å²) in [4.78, 5) is 2.48. The number of aliphatic hydroxyl groups is 1. The molecule has 5 nitrogen and oxygen atoms in total. The van der Waals surface area contributed by atoms with Gasteiger partial charge in [0.2, 0.25) is 10.0 Å². The summed E-state index contributed by atoms with van der Waals surface area (Å²) < 4.78 is 28.9. The Morgan fingerprint density at radius 1 is 1.10 bits per heavy atom. The molecule has 3 atom stereocenters. The fraction of sp³-hybridized carbons (Fsp3) is 0.440. The van der Waals surface area contributed by atoms with Gasteiger partial charge in [-0.05, 0) is 73.1 Å². The normalized spacial score (nSPS) is 26.3. The summed E-state index contributed by atoms with van der Waals surface area (Å²) in [6.45, 7) is 0.493. The number of benzene rings is 2.